The fraction of sp³-hybridized carbons (Fsp3) is 0.769. The number of hydrogen-bond donors (Lipinski definition) is 0. The van der Waals surface area contributed by atoms with Crippen LogP contribution < -0.4 is 9.64 Å². The van der Waals surface area contributed by atoms with Gasteiger partial charge in [-0.05, 0) is 40.0 Å². The lowest BCUT2D eigenvalue weighted by atomic mass is 10.0. The summed E-state index contributed by atoms with van der Waals surface area (Å²) >= 11 is 1.11. The molecule has 2 unspecified atom stereocenters. The molecule has 1 aliphatic heterocycles. The van der Waals surface area contributed by atoms with Crippen LogP contribution in [0.15, 0.2) is 0 Å². The largest absolute Gasteiger partial charge is 0.463 e. The first-order valence-corrected chi connectivity index (χ1v) is 7.79. The lowest BCUT2D eigenvalue weighted by Gasteiger charge is -2.33. The number of piperidine rings is 1. The molecule has 0 amide bonds. The molecule has 2 heterocycles. The van der Waals surface area contributed by atoms with Crippen LogP contribution in [0.5, 0.6) is 5.88 Å². The summed E-state index contributed by atoms with van der Waals surface area (Å²) in [4.78, 5) is 13.8. The molecule has 112 valence electrons. The van der Waals surface area contributed by atoms with Gasteiger partial charge in [-0.15, -0.1) is 4.37 Å². The summed E-state index contributed by atoms with van der Waals surface area (Å²) in [6, 6.07) is 0.424. The molecular formula is C13H21N3O3S. The van der Waals surface area contributed by atoms with Crippen molar-refractivity contribution >= 4 is 23.5 Å². The Morgan fingerprint density at radius 2 is 2.30 bits per heavy atom. The third-order valence-electron chi connectivity index (χ3n) is 3.42. The van der Waals surface area contributed by atoms with Gasteiger partial charge in [0.2, 0.25) is 5.82 Å². The SMILES string of the molecule is CCOC(=O)C(C)Oc1nsnc1N1CCCCC1C. The van der Waals surface area contributed by atoms with Gasteiger partial charge < -0.3 is 14.4 Å². The summed E-state index contributed by atoms with van der Waals surface area (Å²) in [6.45, 7) is 6.92. The molecule has 7 heteroatoms. The average Bonchev–Trinajstić information content (AvgIpc) is 2.87. The fourth-order valence-corrected chi connectivity index (χ4v) is 2.81. The highest BCUT2D eigenvalue weighted by atomic mass is 32.1. The van der Waals surface area contributed by atoms with Crippen molar-refractivity contribution in [1.29, 1.82) is 0 Å². The van der Waals surface area contributed by atoms with E-state index in [0.29, 0.717) is 18.5 Å². The van der Waals surface area contributed by atoms with Gasteiger partial charge in [-0.1, -0.05) is 0 Å². The second-order valence-electron chi connectivity index (χ2n) is 4.94. The first-order chi connectivity index (χ1) is 9.63. The van der Waals surface area contributed by atoms with Crippen LogP contribution in [-0.4, -0.2) is 40.0 Å². The number of carbonyl (C=O) groups is 1. The summed E-state index contributed by atoms with van der Waals surface area (Å²) in [7, 11) is 0. The second kappa shape index (κ2) is 6.88. The Hall–Kier alpha value is -1.37. The topological polar surface area (TPSA) is 64.5 Å². The van der Waals surface area contributed by atoms with E-state index < -0.39 is 6.10 Å². The van der Waals surface area contributed by atoms with Crippen molar-refractivity contribution in [3.63, 3.8) is 0 Å². The fourth-order valence-electron chi connectivity index (χ4n) is 2.31. The molecule has 1 aromatic heterocycles. The number of hydrogen-bond acceptors (Lipinski definition) is 7. The van der Waals surface area contributed by atoms with Crippen molar-refractivity contribution < 1.29 is 14.3 Å². The van der Waals surface area contributed by atoms with E-state index in [4.69, 9.17) is 9.47 Å². The van der Waals surface area contributed by atoms with Gasteiger partial charge in [0.1, 0.15) is 0 Å². The Morgan fingerprint density at radius 1 is 1.50 bits per heavy atom. The minimum absolute atomic E-state index is 0.345. The molecule has 6 nitrogen and oxygen atoms in total. The molecular weight excluding hydrogens is 278 g/mol. The average molecular weight is 299 g/mol. The third-order valence-corrected chi connectivity index (χ3v) is 3.93. The minimum atomic E-state index is -0.669. The number of esters is 1. The number of anilines is 1. The summed E-state index contributed by atoms with van der Waals surface area (Å²) in [5.74, 6) is 0.806. The van der Waals surface area contributed by atoms with Crippen LogP contribution in [-0.2, 0) is 9.53 Å². The van der Waals surface area contributed by atoms with Crippen molar-refractivity contribution in [3.05, 3.63) is 0 Å². The van der Waals surface area contributed by atoms with E-state index in [0.717, 1.165) is 36.9 Å². The molecule has 0 saturated carbocycles. The van der Waals surface area contributed by atoms with Crippen LogP contribution in [0.3, 0.4) is 0 Å². The van der Waals surface area contributed by atoms with Crippen molar-refractivity contribution in [3.8, 4) is 5.88 Å². The first-order valence-electron chi connectivity index (χ1n) is 7.06. The van der Waals surface area contributed by atoms with Crippen LogP contribution in [0, 0.1) is 0 Å². The maximum atomic E-state index is 11.6. The Bertz CT molecular complexity index is 452. The van der Waals surface area contributed by atoms with Gasteiger partial charge >= 0.3 is 5.97 Å². The maximum Gasteiger partial charge on any atom is 0.347 e. The predicted molar refractivity (Wildman–Crippen MR) is 77.3 cm³/mol. The van der Waals surface area contributed by atoms with Gasteiger partial charge in [-0.3, -0.25) is 0 Å². The molecule has 1 aromatic rings. The van der Waals surface area contributed by atoms with Crippen LogP contribution in [0.1, 0.15) is 40.0 Å². The van der Waals surface area contributed by atoms with Crippen LogP contribution in [0.25, 0.3) is 0 Å². The van der Waals surface area contributed by atoms with Crippen molar-refractivity contribution in [2.24, 2.45) is 0 Å². The van der Waals surface area contributed by atoms with Crippen molar-refractivity contribution in [1.82, 2.24) is 8.75 Å². The van der Waals surface area contributed by atoms with Crippen LogP contribution in [0.2, 0.25) is 0 Å². The molecule has 0 radical (unpaired) electrons. The standard InChI is InChI=1S/C13H21N3O3S/c1-4-18-13(17)10(3)19-12-11(14-20-15-12)16-8-6-5-7-9(16)2/h9-10H,4-8H2,1-3H3. The molecule has 0 bridgehead atoms. The number of rotatable bonds is 5. The monoisotopic (exact) mass is 299 g/mol. The van der Waals surface area contributed by atoms with E-state index in [1.807, 2.05) is 0 Å². The molecule has 0 spiro atoms. The van der Waals surface area contributed by atoms with Gasteiger partial charge in [0, 0.05) is 12.6 Å². The molecule has 0 aromatic carbocycles. The zero-order chi connectivity index (χ0) is 14.5. The number of nitrogens with zero attached hydrogens (tertiary/aromatic N) is 3. The van der Waals surface area contributed by atoms with Gasteiger partial charge in [-0.2, -0.15) is 4.37 Å². The van der Waals surface area contributed by atoms with E-state index in [9.17, 15) is 4.79 Å². The maximum absolute atomic E-state index is 11.6. The minimum Gasteiger partial charge on any atom is -0.463 e. The highest BCUT2D eigenvalue weighted by Gasteiger charge is 2.27. The molecule has 1 fully saturated rings. The number of aromatic nitrogens is 2. The Kier molecular flexibility index (Phi) is 5.17. The zero-order valence-corrected chi connectivity index (χ0v) is 13.0. The third kappa shape index (κ3) is 3.39. The first kappa shape index (κ1) is 15.0. The Morgan fingerprint density at radius 3 is 3.00 bits per heavy atom. The molecule has 0 N–H and O–H groups in total. The van der Waals surface area contributed by atoms with E-state index >= 15 is 0 Å². The Balaban J connectivity index is 2.06. The van der Waals surface area contributed by atoms with Gasteiger partial charge in [-0.25, -0.2) is 4.79 Å². The lowest BCUT2D eigenvalue weighted by molar-refractivity contribution is -0.150. The van der Waals surface area contributed by atoms with Gasteiger partial charge in [0.05, 0.1) is 18.3 Å². The van der Waals surface area contributed by atoms with E-state index in [1.54, 1.807) is 13.8 Å². The smallest absolute Gasteiger partial charge is 0.347 e. The molecule has 2 atom stereocenters. The summed E-state index contributed by atoms with van der Waals surface area (Å²) in [5.41, 5.74) is 0. The number of carbonyl (C=O) groups excluding carboxylic acids is 1. The van der Waals surface area contributed by atoms with Gasteiger partial charge in [0.15, 0.2) is 6.10 Å². The summed E-state index contributed by atoms with van der Waals surface area (Å²) in [5, 5.41) is 0. The quantitative estimate of drug-likeness (QED) is 0.777. The van der Waals surface area contributed by atoms with Crippen LogP contribution >= 0.6 is 11.7 Å². The van der Waals surface area contributed by atoms with E-state index in [-0.39, 0.29) is 5.97 Å². The molecule has 20 heavy (non-hydrogen) atoms. The number of ether oxygens (including phenoxy) is 2. The zero-order valence-electron chi connectivity index (χ0n) is 12.2. The van der Waals surface area contributed by atoms with Crippen molar-refractivity contribution in [2.75, 3.05) is 18.1 Å². The molecule has 1 aliphatic rings. The highest BCUT2D eigenvalue weighted by Crippen LogP contribution is 2.31. The molecule has 0 aliphatic carbocycles. The van der Waals surface area contributed by atoms with Crippen LogP contribution in [0.4, 0.5) is 5.82 Å². The van der Waals surface area contributed by atoms with E-state index in [2.05, 4.69) is 20.6 Å². The van der Waals surface area contributed by atoms with E-state index in [1.165, 1.54) is 6.42 Å². The Labute approximate surface area is 123 Å². The summed E-state index contributed by atoms with van der Waals surface area (Å²) in [6.07, 6.45) is 2.86. The second-order valence-corrected chi connectivity index (χ2v) is 5.47. The predicted octanol–water partition coefficient (Wildman–Crippen LogP) is 2.25. The van der Waals surface area contributed by atoms with Gasteiger partial charge in [0.25, 0.3) is 5.88 Å². The normalized spacial score (nSPS) is 20.6. The summed E-state index contributed by atoms with van der Waals surface area (Å²) < 4.78 is 19.1. The highest BCUT2D eigenvalue weighted by molar-refractivity contribution is 6.99. The van der Waals surface area contributed by atoms with Crippen molar-refractivity contribution in [2.45, 2.75) is 52.2 Å². The molecule has 1 saturated heterocycles. The lowest BCUT2D eigenvalue weighted by Crippen LogP contribution is -2.38. The molecule has 2 rings (SSSR count).